The lowest BCUT2D eigenvalue weighted by molar-refractivity contribution is -0.138. The molecule has 7 nitrogen and oxygen atoms in total. The lowest BCUT2D eigenvalue weighted by atomic mass is 10.0. The van der Waals surface area contributed by atoms with Crippen molar-refractivity contribution < 1.29 is 27.8 Å². The summed E-state index contributed by atoms with van der Waals surface area (Å²) < 4.78 is 47.1. The second-order valence-electron chi connectivity index (χ2n) is 6.43. The van der Waals surface area contributed by atoms with Crippen LogP contribution in [0.25, 0.3) is 0 Å². The highest BCUT2D eigenvalue weighted by molar-refractivity contribution is 6.04. The molecule has 0 bridgehead atoms. The molecule has 0 saturated carbocycles. The predicted octanol–water partition coefficient (Wildman–Crippen LogP) is 2.99. The maximum Gasteiger partial charge on any atom is 0.420 e. The number of carbonyl (C=O) groups excluding carboxylic acids is 1. The summed E-state index contributed by atoms with van der Waals surface area (Å²) in [5.41, 5.74) is -1.74. The number of rotatable bonds is 4. The molecule has 0 aromatic carbocycles. The molecule has 0 radical (unpaired) electrons. The molecule has 1 aliphatic rings. The number of anilines is 1. The average molecular weight is 384 g/mol. The van der Waals surface area contributed by atoms with Gasteiger partial charge >= 0.3 is 6.18 Å². The molecule has 27 heavy (non-hydrogen) atoms. The summed E-state index contributed by atoms with van der Waals surface area (Å²) in [6, 6.07) is 2.52. The molecule has 2 aromatic rings. The van der Waals surface area contributed by atoms with Gasteiger partial charge in [0.05, 0.1) is 12.3 Å². The number of hydrogen-bond acceptors (Lipinski definition) is 5. The maximum absolute atomic E-state index is 13.6. The van der Waals surface area contributed by atoms with Gasteiger partial charge in [-0.05, 0) is 25.8 Å². The number of hydrogen-bond donors (Lipinski definition) is 2. The second-order valence-corrected chi connectivity index (χ2v) is 6.43. The zero-order valence-electron chi connectivity index (χ0n) is 14.6. The Morgan fingerprint density at radius 2 is 2.26 bits per heavy atom. The van der Waals surface area contributed by atoms with Crippen LogP contribution in [0.15, 0.2) is 18.3 Å². The van der Waals surface area contributed by atoms with Crippen LogP contribution in [0.4, 0.5) is 18.9 Å². The van der Waals surface area contributed by atoms with Crippen LogP contribution in [-0.4, -0.2) is 39.0 Å². The third kappa shape index (κ3) is 4.38. The Labute approximate surface area is 153 Å². The van der Waals surface area contributed by atoms with Crippen LogP contribution in [0.2, 0.25) is 0 Å². The van der Waals surface area contributed by atoms with E-state index in [9.17, 15) is 23.1 Å². The van der Waals surface area contributed by atoms with Gasteiger partial charge < -0.3 is 15.2 Å². The Morgan fingerprint density at radius 1 is 1.48 bits per heavy atom. The standard InChI is InChI=1S/C17H19F3N4O3/c1-10-14(17(18,19)20)15(16(26)22-12-4-5-21-13(25)7-12)24(23-10)8-11-3-2-6-27-9-11/h4-5,7,11H,2-3,6,8-9H2,1H3,(H2,21,22,25,26). The monoisotopic (exact) mass is 384 g/mol. The normalized spacial score (nSPS) is 17.7. The van der Waals surface area contributed by atoms with Gasteiger partial charge in [0.15, 0.2) is 0 Å². The van der Waals surface area contributed by atoms with E-state index in [0.717, 1.165) is 23.6 Å². The van der Waals surface area contributed by atoms with Crippen LogP contribution >= 0.6 is 0 Å². The third-order valence-corrected chi connectivity index (χ3v) is 4.32. The van der Waals surface area contributed by atoms with Crippen molar-refractivity contribution in [3.63, 3.8) is 0 Å². The van der Waals surface area contributed by atoms with Crippen molar-refractivity contribution in [3.8, 4) is 5.88 Å². The predicted molar refractivity (Wildman–Crippen MR) is 89.4 cm³/mol. The Morgan fingerprint density at radius 3 is 2.89 bits per heavy atom. The summed E-state index contributed by atoms with van der Waals surface area (Å²) in [5.74, 6) is -1.33. The zero-order chi connectivity index (χ0) is 19.6. The van der Waals surface area contributed by atoms with Gasteiger partial charge in [-0.1, -0.05) is 0 Å². The summed E-state index contributed by atoms with van der Waals surface area (Å²) in [6.45, 7) is 2.42. The number of carbonyl (C=O) groups is 1. The van der Waals surface area contributed by atoms with Gasteiger partial charge in [-0.15, -0.1) is 0 Å². The van der Waals surface area contributed by atoms with E-state index in [0.29, 0.717) is 13.2 Å². The molecule has 3 heterocycles. The summed E-state index contributed by atoms with van der Waals surface area (Å²) in [7, 11) is 0. The molecule has 1 unspecified atom stereocenters. The van der Waals surface area contributed by atoms with Crippen molar-refractivity contribution in [1.82, 2.24) is 14.8 Å². The molecule has 1 fully saturated rings. The Balaban J connectivity index is 1.95. The number of aromatic hydroxyl groups is 1. The van der Waals surface area contributed by atoms with Crippen LogP contribution in [0.5, 0.6) is 5.88 Å². The van der Waals surface area contributed by atoms with Gasteiger partial charge in [-0.3, -0.25) is 9.48 Å². The van der Waals surface area contributed by atoms with E-state index < -0.39 is 23.3 Å². The van der Waals surface area contributed by atoms with Crippen molar-refractivity contribution in [2.24, 2.45) is 5.92 Å². The minimum absolute atomic E-state index is 0.0179. The van der Waals surface area contributed by atoms with E-state index in [1.165, 1.54) is 19.2 Å². The lowest BCUT2D eigenvalue weighted by Gasteiger charge is -2.22. The Bertz CT molecular complexity index is 829. The fourth-order valence-corrected chi connectivity index (χ4v) is 3.17. The first kappa shape index (κ1) is 19.2. The van der Waals surface area contributed by atoms with Gasteiger partial charge in [-0.25, -0.2) is 4.98 Å². The largest absolute Gasteiger partial charge is 0.493 e. The molecule has 146 valence electrons. The third-order valence-electron chi connectivity index (χ3n) is 4.32. The fourth-order valence-electron chi connectivity index (χ4n) is 3.17. The molecule has 1 atom stereocenters. The van der Waals surface area contributed by atoms with Crippen molar-refractivity contribution in [3.05, 3.63) is 35.3 Å². The minimum Gasteiger partial charge on any atom is -0.493 e. The van der Waals surface area contributed by atoms with E-state index in [1.807, 2.05) is 0 Å². The van der Waals surface area contributed by atoms with Gasteiger partial charge in [0.2, 0.25) is 5.88 Å². The number of aryl methyl sites for hydroxylation is 1. The molecule has 2 N–H and O–H groups in total. The number of alkyl halides is 3. The van der Waals surface area contributed by atoms with Gasteiger partial charge in [0.1, 0.15) is 11.3 Å². The minimum atomic E-state index is -4.72. The first-order valence-electron chi connectivity index (χ1n) is 8.44. The Kier molecular flexibility index (Phi) is 5.36. The topological polar surface area (TPSA) is 89.3 Å². The molecular formula is C17H19F3N4O3. The second kappa shape index (κ2) is 7.55. The summed E-state index contributed by atoms with van der Waals surface area (Å²) in [4.78, 5) is 16.2. The smallest absolute Gasteiger partial charge is 0.420 e. The van der Waals surface area contributed by atoms with Crippen LogP contribution in [-0.2, 0) is 17.5 Å². The van der Waals surface area contributed by atoms with Gasteiger partial charge in [0, 0.05) is 37.0 Å². The first-order chi connectivity index (χ1) is 12.8. The van der Waals surface area contributed by atoms with Crippen molar-refractivity contribution in [1.29, 1.82) is 0 Å². The number of nitrogens with one attached hydrogen (secondary N) is 1. The number of halogens is 3. The van der Waals surface area contributed by atoms with E-state index in [-0.39, 0.29) is 29.7 Å². The summed E-state index contributed by atoms with van der Waals surface area (Å²) >= 11 is 0. The number of ether oxygens (including phenoxy) is 1. The highest BCUT2D eigenvalue weighted by Gasteiger charge is 2.41. The first-order valence-corrected chi connectivity index (χ1v) is 8.44. The molecule has 3 rings (SSSR count). The number of nitrogens with zero attached hydrogens (tertiary/aromatic N) is 3. The van der Waals surface area contributed by atoms with Crippen molar-refractivity contribution >= 4 is 11.6 Å². The van der Waals surface area contributed by atoms with Crippen molar-refractivity contribution in [2.45, 2.75) is 32.5 Å². The van der Waals surface area contributed by atoms with E-state index in [4.69, 9.17) is 4.74 Å². The molecule has 1 aliphatic heterocycles. The molecule has 0 aliphatic carbocycles. The summed E-state index contributed by atoms with van der Waals surface area (Å²) in [5, 5.41) is 15.7. The SMILES string of the molecule is Cc1nn(CC2CCCOC2)c(C(=O)Nc2ccnc(O)c2)c1C(F)(F)F. The van der Waals surface area contributed by atoms with Crippen LogP contribution in [0.1, 0.15) is 34.6 Å². The van der Waals surface area contributed by atoms with E-state index >= 15 is 0 Å². The molecule has 2 aromatic heterocycles. The molecule has 1 saturated heterocycles. The Hall–Kier alpha value is -2.62. The maximum atomic E-state index is 13.6. The zero-order valence-corrected chi connectivity index (χ0v) is 14.6. The van der Waals surface area contributed by atoms with Gasteiger partial charge in [0.25, 0.3) is 5.91 Å². The summed E-state index contributed by atoms with van der Waals surface area (Å²) in [6.07, 6.45) is -1.88. The molecule has 10 heteroatoms. The van der Waals surface area contributed by atoms with Gasteiger partial charge in [-0.2, -0.15) is 18.3 Å². The van der Waals surface area contributed by atoms with Crippen LogP contribution in [0, 0.1) is 12.8 Å². The van der Waals surface area contributed by atoms with E-state index in [1.54, 1.807) is 0 Å². The van der Waals surface area contributed by atoms with Crippen LogP contribution in [0.3, 0.4) is 0 Å². The van der Waals surface area contributed by atoms with E-state index in [2.05, 4.69) is 15.4 Å². The van der Waals surface area contributed by atoms with Crippen molar-refractivity contribution in [2.75, 3.05) is 18.5 Å². The fraction of sp³-hybridized carbons (Fsp3) is 0.471. The highest BCUT2D eigenvalue weighted by Crippen LogP contribution is 2.35. The molecular weight excluding hydrogens is 365 g/mol. The number of aromatic nitrogens is 3. The number of pyridine rings is 1. The average Bonchev–Trinajstić information content (AvgIpc) is 2.92. The number of amides is 1. The molecule has 0 spiro atoms. The molecule has 1 amide bonds. The highest BCUT2D eigenvalue weighted by atomic mass is 19.4. The lowest BCUT2D eigenvalue weighted by Crippen LogP contribution is -2.27. The quantitative estimate of drug-likeness (QED) is 0.846. The van der Waals surface area contributed by atoms with Crippen LogP contribution < -0.4 is 5.32 Å².